The second kappa shape index (κ2) is 8.37. The number of nitrogens with one attached hydrogen (secondary N) is 1. The smallest absolute Gasteiger partial charge is 0.234 e. The molecule has 1 fully saturated rings. The van der Waals surface area contributed by atoms with Gasteiger partial charge in [-0.1, -0.05) is 29.8 Å². The second-order valence-corrected chi connectivity index (χ2v) is 5.75. The summed E-state index contributed by atoms with van der Waals surface area (Å²) in [5, 5.41) is 3.72. The third-order valence-corrected chi connectivity index (χ3v) is 4.17. The Hall–Kier alpha value is -1.10. The van der Waals surface area contributed by atoms with Gasteiger partial charge in [0.25, 0.3) is 0 Å². The van der Waals surface area contributed by atoms with Crippen LogP contribution in [-0.4, -0.2) is 44.2 Å². The van der Waals surface area contributed by atoms with E-state index in [0.717, 1.165) is 36.4 Å². The van der Waals surface area contributed by atoms with Crippen LogP contribution in [0.2, 0.25) is 5.02 Å². The van der Waals surface area contributed by atoms with Crippen LogP contribution in [0.15, 0.2) is 24.3 Å². The summed E-state index contributed by atoms with van der Waals surface area (Å²) in [5.74, 6) is 0.0741. The standard InChI is InChI=1S/C16H23ClN2O2/c1-21-11-5-9-18-16(20)12-19-10-4-8-15(19)13-6-2-3-7-14(13)17/h2-3,6-7,15H,4-5,8-12H2,1H3,(H,18,20). The molecule has 1 aromatic rings. The average Bonchev–Trinajstić information content (AvgIpc) is 2.92. The third kappa shape index (κ3) is 4.70. The largest absolute Gasteiger partial charge is 0.385 e. The normalized spacial score (nSPS) is 18.9. The second-order valence-electron chi connectivity index (χ2n) is 5.35. The highest BCUT2D eigenvalue weighted by molar-refractivity contribution is 6.31. The number of hydrogen-bond acceptors (Lipinski definition) is 3. The fourth-order valence-corrected chi connectivity index (χ4v) is 3.06. The summed E-state index contributed by atoms with van der Waals surface area (Å²) in [5.41, 5.74) is 1.13. The van der Waals surface area contributed by atoms with Crippen LogP contribution in [0.25, 0.3) is 0 Å². The highest BCUT2D eigenvalue weighted by Gasteiger charge is 2.28. The van der Waals surface area contributed by atoms with Gasteiger partial charge in [-0.25, -0.2) is 0 Å². The van der Waals surface area contributed by atoms with Crippen LogP contribution in [-0.2, 0) is 9.53 Å². The fourth-order valence-electron chi connectivity index (χ4n) is 2.80. The van der Waals surface area contributed by atoms with Crippen LogP contribution >= 0.6 is 11.6 Å². The first kappa shape index (κ1) is 16.3. The van der Waals surface area contributed by atoms with Crippen molar-refractivity contribution in [1.82, 2.24) is 10.2 Å². The predicted molar refractivity (Wildman–Crippen MR) is 84.5 cm³/mol. The lowest BCUT2D eigenvalue weighted by atomic mass is 10.0. The summed E-state index contributed by atoms with van der Waals surface area (Å²) in [6, 6.07) is 8.17. The Balaban J connectivity index is 1.87. The minimum Gasteiger partial charge on any atom is -0.385 e. The number of halogens is 1. The molecule has 4 nitrogen and oxygen atoms in total. The molecule has 0 spiro atoms. The SMILES string of the molecule is COCCCNC(=O)CN1CCCC1c1ccccc1Cl. The van der Waals surface area contributed by atoms with Gasteiger partial charge in [-0.3, -0.25) is 9.69 Å². The molecule has 5 heteroatoms. The molecule has 2 rings (SSSR count). The van der Waals surface area contributed by atoms with Crippen molar-refractivity contribution < 1.29 is 9.53 Å². The van der Waals surface area contributed by atoms with Gasteiger partial charge in [-0.2, -0.15) is 0 Å². The molecule has 1 aliphatic heterocycles. The molecule has 0 saturated carbocycles. The number of methoxy groups -OCH3 is 1. The molecule has 21 heavy (non-hydrogen) atoms. The van der Waals surface area contributed by atoms with E-state index in [1.54, 1.807) is 7.11 Å². The number of carbonyl (C=O) groups excluding carboxylic acids is 1. The minimum absolute atomic E-state index is 0.0741. The van der Waals surface area contributed by atoms with Gasteiger partial charge in [0.15, 0.2) is 0 Å². The molecule has 1 saturated heterocycles. The van der Waals surface area contributed by atoms with Crippen molar-refractivity contribution in [3.63, 3.8) is 0 Å². The van der Waals surface area contributed by atoms with E-state index in [1.165, 1.54) is 0 Å². The molecular formula is C16H23ClN2O2. The summed E-state index contributed by atoms with van der Waals surface area (Å²) >= 11 is 6.28. The maximum absolute atomic E-state index is 12.0. The van der Waals surface area contributed by atoms with E-state index in [9.17, 15) is 4.79 Å². The molecule has 116 valence electrons. The van der Waals surface area contributed by atoms with Gasteiger partial charge in [-0.15, -0.1) is 0 Å². The van der Waals surface area contributed by atoms with Crippen LogP contribution in [0, 0.1) is 0 Å². The van der Waals surface area contributed by atoms with E-state index >= 15 is 0 Å². The molecule has 0 aromatic heterocycles. The number of carbonyl (C=O) groups is 1. The van der Waals surface area contributed by atoms with Crippen molar-refractivity contribution in [2.45, 2.75) is 25.3 Å². The Morgan fingerprint density at radius 3 is 3.05 bits per heavy atom. The van der Waals surface area contributed by atoms with E-state index < -0.39 is 0 Å². The van der Waals surface area contributed by atoms with Gasteiger partial charge in [-0.05, 0) is 37.4 Å². The zero-order chi connectivity index (χ0) is 15.1. The number of likely N-dealkylation sites (tertiary alicyclic amines) is 1. The Morgan fingerprint density at radius 2 is 2.29 bits per heavy atom. The highest BCUT2D eigenvalue weighted by atomic mass is 35.5. The molecule has 1 amide bonds. The van der Waals surface area contributed by atoms with E-state index in [-0.39, 0.29) is 11.9 Å². The number of nitrogens with zero attached hydrogens (tertiary/aromatic N) is 1. The first-order valence-electron chi connectivity index (χ1n) is 7.46. The van der Waals surface area contributed by atoms with Gasteiger partial charge < -0.3 is 10.1 Å². The number of amides is 1. The molecule has 1 aliphatic rings. The van der Waals surface area contributed by atoms with Gasteiger partial charge in [0, 0.05) is 31.3 Å². The summed E-state index contributed by atoms with van der Waals surface area (Å²) in [7, 11) is 1.67. The summed E-state index contributed by atoms with van der Waals surface area (Å²) in [6.07, 6.45) is 3.00. The summed E-state index contributed by atoms with van der Waals surface area (Å²) in [4.78, 5) is 14.2. The van der Waals surface area contributed by atoms with E-state index in [0.29, 0.717) is 19.7 Å². The van der Waals surface area contributed by atoms with Gasteiger partial charge in [0.2, 0.25) is 5.91 Å². The maximum Gasteiger partial charge on any atom is 0.234 e. The van der Waals surface area contributed by atoms with E-state index in [4.69, 9.17) is 16.3 Å². The van der Waals surface area contributed by atoms with Crippen LogP contribution in [0.1, 0.15) is 30.9 Å². The molecule has 1 unspecified atom stereocenters. The Labute approximate surface area is 131 Å². The summed E-state index contributed by atoms with van der Waals surface area (Å²) in [6.45, 7) is 2.72. The number of benzene rings is 1. The van der Waals surface area contributed by atoms with Crippen LogP contribution < -0.4 is 5.32 Å². The third-order valence-electron chi connectivity index (χ3n) is 3.82. The minimum atomic E-state index is 0.0741. The Morgan fingerprint density at radius 1 is 1.48 bits per heavy atom. The lowest BCUT2D eigenvalue weighted by Gasteiger charge is -2.25. The molecule has 1 atom stereocenters. The fraction of sp³-hybridized carbons (Fsp3) is 0.562. The average molecular weight is 311 g/mol. The van der Waals surface area contributed by atoms with Gasteiger partial charge in [0.1, 0.15) is 0 Å². The monoisotopic (exact) mass is 310 g/mol. The van der Waals surface area contributed by atoms with Crippen molar-refractivity contribution in [3.8, 4) is 0 Å². The van der Waals surface area contributed by atoms with Crippen molar-refractivity contribution >= 4 is 17.5 Å². The number of rotatable bonds is 7. The van der Waals surface area contributed by atoms with Crippen LogP contribution in [0.4, 0.5) is 0 Å². The highest BCUT2D eigenvalue weighted by Crippen LogP contribution is 2.35. The Kier molecular flexibility index (Phi) is 6.49. The molecule has 1 N–H and O–H groups in total. The molecule has 0 radical (unpaired) electrons. The topological polar surface area (TPSA) is 41.6 Å². The quantitative estimate of drug-likeness (QED) is 0.787. The zero-order valence-corrected chi connectivity index (χ0v) is 13.2. The van der Waals surface area contributed by atoms with Crippen molar-refractivity contribution in [2.24, 2.45) is 0 Å². The number of hydrogen-bond donors (Lipinski definition) is 1. The molecule has 0 bridgehead atoms. The zero-order valence-electron chi connectivity index (χ0n) is 12.5. The predicted octanol–water partition coefficient (Wildman–Crippen LogP) is 2.63. The van der Waals surface area contributed by atoms with Gasteiger partial charge >= 0.3 is 0 Å². The first-order valence-corrected chi connectivity index (χ1v) is 7.84. The van der Waals surface area contributed by atoms with Crippen molar-refractivity contribution in [2.75, 3.05) is 33.4 Å². The van der Waals surface area contributed by atoms with Crippen LogP contribution in [0.5, 0.6) is 0 Å². The van der Waals surface area contributed by atoms with Crippen LogP contribution in [0.3, 0.4) is 0 Å². The molecule has 0 aliphatic carbocycles. The van der Waals surface area contributed by atoms with E-state index in [1.807, 2.05) is 18.2 Å². The first-order chi connectivity index (χ1) is 10.2. The van der Waals surface area contributed by atoms with Gasteiger partial charge in [0.05, 0.1) is 6.54 Å². The number of ether oxygens (including phenoxy) is 1. The van der Waals surface area contributed by atoms with E-state index in [2.05, 4.69) is 16.3 Å². The lowest BCUT2D eigenvalue weighted by Crippen LogP contribution is -2.37. The maximum atomic E-state index is 12.0. The summed E-state index contributed by atoms with van der Waals surface area (Å²) < 4.78 is 4.97. The Bertz CT molecular complexity index is 467. The molecular weight excluding hydrogens is 288 g/mol. The lowest BCUT2D eigenvalue weighted by molar-refractivity contribution is -0.122. The molecule has 1 heterocycles. The van der Waals surface area contributed by atoms with Crippen molar-refractivity contribution in [1.29, 1.82) is 0 Å². The molecule has 1 aromatic carbocycles. The van der Waals surface area contributed by atoms with Crippen molar-refractivity contribution in [3.05, 3.63) is 34.9 Å².